The zero-order chi connectivity index (χ0) is 23.2. The number of benzene rings is 2. The molecule has 33 heavy (non-hydrogen) atoms. The lowest BCUT2D eigenvalue weighted by Crippen LogP contribution is -2.12. The Hall–Kier alpha value is -3.84. The fourth-order valence-corrected chi connectivity index (χ4v) is 3.93. The van der Waals surface area contributed by atoms with Crippen molar-refractivity contribution in [2.75, 3.05) is 7.11 Å². The van der Waals surface area contributed by atoms with Gasteiger partial charge in [-0.25, -0.2) is 0 Å². The first-order valence-corrected chi connectivity index (χ1v) is 10.7. The summed E-state index contributed by atoms with van der Waals surface area (Å²) in [6.07, 6.45) is 2.26. The zero-order valence-corrected chi connectivity index (χ0v) is 18.9. The van der Waals surface area contributed by atoms with Crippen LogP contribution in [0, 0.1) is 13.8 Å². The second-order valence-electron chi connectivity index (χ2n) is 7.90. The van der Waals surface area contributed by atoms with Crippen LogP contribution < -0.4 is 0 Å². The largest absolute Gasteiger partial charge is 0.418 e. The molecule has 2 heterocycles. The number of hydrogen-bond donors (Lipinski definition) is 1. The van der Waals surface area contributed by atoms with E-state index in [9.17, 15) is 5.21 Å². The highest BCUT2D eigenvalue weighted by Crippen LogP contribution is 2.33. The van der Waals surface area contributed by atoms with Crippen molar-refractivity contribution < 1.29 is 14.4 Å². The standard InChI is InChI=1S/C26H26N4O3/c1-17-6-4-5-7-22(17)23(15-24(30-31)21-12-13-27-18(2)14-21)19-8-10-20(11-9-19)26-29-28-25(33-26)16-32-3/h4-14,23,31H,15-16H2,1-3H3. The van der Waals surface area contributed by atoms with Gasteiger partial charge in [-0.2, -0.15) is 0 Å². The van der Waals surface area contributed by atoms with Crippen LogP contribution in [0.25, 0.3) is 11.5 Å². The van der Waals surface area contributed by atoms with Crippen LogP contribution in [-0.4, -0.2) is 33.2 Å². The molecule has 4 rings (SSSR count). The molecule has 1 atom stereocenters. The average Bonchev–Trinajstić information content (AvgIpc) is 3.30. The highest BCUT2D eigenvalue weighted by atomic mass is 16.5. The number of aromatic nitrogens is 3. The van der Waals surface area contributed by atoms with Crippen LogP contribution in [0.4, 0.5) is 0 Å². The van der Waals surface area contributed by atoms with Crippen molar-refractivity contribution in [3.05, 3.63) is 101 Å². The van der Waals surface area contributed by atoms with Crippen molar-refractivity contribution in [2.24, 2.45) is 5.16 Å². The van der Waals surface area contributed by atoms with Crippen LogP contribution in [0.2, 0.25) is 0 Å². The molecule has 4 aromatic rings. The third kappa shape index (κ3) is 5.15. The summed E-state index contributed by atoms with van der Waals surface area (Å²) >= 11 is 0. The summed E-state index contributed by atoms with van der Waals surface area (Å²) in [5, 5.41) is 21.6. The molecule has 168 valence electrons. The van der Waals surface area contributed by atoms with Crippen LogP contribution in [0.3, 0.4) is 0 Å². The van der Waals surface area contributed by atoms with Crippen molar-refractivity contribution in [3.63, 3.8) is 0 Å². The molecule has 0 radical (unpaired) electrons. The van der Waals surface area contributed by atoms with E-state index in [1.165, 1.54) is 11.1 Å². The monoisotopic (exact) mass is 442 g/mol. The van der Waals surface area contributed by atoms with Gasteiger partial charge in [-0.1, -0.05) is 41.6 Å². The summed E-state index contributed by atoms with van der Waals surface area (Å²) in [6.45, 7) is 4.29. The average molecular weight is 443 g/mol. The van der Waals surface area contributed by atoms with Gasteiger partial charge in [0, 0.05) is 42.5 Å². The summed E-state index contributed by atoms with van der Waals surface area (Å²) in [5.74, 6) is 0.878. The Labute approximate surface area is 192 Å². The highest BCUT2D eigenvalue weighted by Gasteiger charge is 2.21. The van der Waals surface area contributed by atoms with Gasteiger partial charge in [0.05, 0.1) is 5.71 Å². The Morgan fingerprint density at radius 2 is 1.85 bits per heavy atom. The van der Waals surface area contributed by atoms with Crippen molar-refractivity contribution >= 4 is 5.71 Å². The minimum absolute atomic E-state index is 0.00800. The smallest absolute Gasteiger partial charge is 0.247 e. The van der Waals surface area contributed by atoms with Crippen LogP contribution in [0.5, 0.6) is 0 Å². The molecule has 2 aromatic carbocycles. The first-order valence-electron chi connectivity index (χ1n) is 10.7. The molecule has 0 saturated carbocycles. The predicted octanol–water partition coefficient (Wildman–Crippen LogP) is 5.30. The van der Waals surface area contributed by atoms with Crippen LogP contribution in [0.1, 0.15) is 46.2 Å². The van der Waals surface area contributed by atoms with E-state index < -0.39 is 0 Å². The summed E-state index contributed by atoms with van der Waals surface area (Å²) in [5.41, 5.74) is 6.62. The molecule has 0 saturated heterocycles. The molecule has 0 aliphatic heterocycles. The molecule has 7 nitrogen and oxygen atoms in total. The van der Waals surface area contributed by atoms with Gasteiger partial charge in [-0.3, -0.25) is 4.98 Å². The minimum Gasteiger partial charge on any atom is -0.418 e. The number of oxime groups is 1. The van der Waals surface area contributed by atoms with E-state index in [4.69, 9.17) is 9.15 Å². The molecular formula is C26H26N4O3. The second-order valence-corrected chi connectivity index (χ2v) is 7.90. The summed E-state index contributed by atoms with van der Waals surface area (Å²) < 4.78 is 10.7. The molecule has 7 heteroatoms. The Morgan fingerprint density at radius 1 is 1.06 bits per heavy atom. The van der Waals surface area contributed by atoms with E-state index in [2.05, 4.69) is 51.5 Å². The van der Waals surface area contributed by atoms with Crippen LogP contribution in [-0.2, 0) is 11.3 Å². The predicted molar refractivity (Wildman–Crippen MR) is 125 cm³/mol. The fraction of sp³-hybridized carbons (Fsp3) is 0.231. The Balaban J connectivity index is 1.68. The maximum absolute atomic E-state index is 9.85. The highest BCUT2D eigenvalue weighted by molar-refractivity contribution is 6.01. The number of nitrogens with zero attached hydrogens (tertiary/aromatic N) is 4. The Morgan fingerprint density at radius 3 is 2.55 bits per heavy atom. The van der Waals surface area contributed by atoms with Gasteiger partial charge >= 0.3 is 0 Å². The lowest BCUT2D eigenvalue weighted by molar-refractivity contribution is 0.160. The third-order valence-electron chi connectivity index (χ3n) is 5.61. The molecule has 0 aliphatic rings. The lowest BCUT2D eigenvalue weighted by atomic mass is 9.83. The summed E-state index contributed by atoms with van der Waals surface area (Å²) in [6, 6.07) is 20.1. The molecule has 0 bridgehead atoms. The molecule has 0 spiro atoms. The number of hydrogen-bond acceptors (Lipinski definition) is 7. The van der Waals surface area contributed by atoms with E-state index >= 15 is 0 Å². The molecular weight excluding hydrogens is 416 g/mol. The van der Waals surface area contributed by atoms with Gasteiger partial charge in [0.1, 0.15) is 6.61 Å². The molecule has 1 unspecified atom stereocenters. The minimum atomic E-state index is -0.00800. The zero-order valence-electron chi connectivity index (χ0n) is 18.9. The maximum Gasteiger partial charge on any atom is 0.247 e. The normalized spacial score (nSPS) is 12.6. The van der Waals surface area contributed by atoms with Crippen molar-refractivity contribution in [1.29, 1.82) is 0 Å². The van der Waals surface area contributed by atoms with E-state index in [1.54, 1.807) is 13.3 Å². The molecule has 0 aliphatic carbocycles. The van der Waals surface area contributed by atoms with E-state index in [0.29, 0.717) is 23.9 Å². The lowest BCUT2D eigenvalue weighted by Gasteiger charge is -2.21. The van der Waals surface area contributed by atoms with Gasteiger partial charge in [0.15, 0.2) is 0 Å². The summed E-state index contributed by atoms with van der Waals surface area (Å²) in [4.78, 5) is 4.25. The van der Waals surface area contributed by atoms with Crippen molar-refractivity contribution in [3.8, 4) is 11.5 Å². The quantitative estimate of drug-likeness (QED) is 0.226. The summed E-state index contributed by atoms with van der Waals surface area (Å²) in [7, 11) is 1.58. The van der Waals surface area contributed by atoms with Crippen molar-refractivity contribution in [2.45, 2.75) is 32.8 Å². The first kappa shape index (κ1) is 22.4. The topological polar surface area (TPSA) is 93.6 Å². The Bertz CT molecular complexity index is 1250. The first-order chi connectivity index (χ1) is 16.1. The third-order valence-corrected chi connectivity index (χ3v) is 5.61. The van der Waals surface area contributed by atoms with E-state index in [-0.39, 0.29) is 12.5 Å². The maximum atomic E-state index is 9.85. The number of aryl methyl sites for hydroxylation is 2. The van der Waals surface area contributed by atoms with Crippen LogP contribution in [0.15, 0.2) is 76.4 Å². The van der Waals surface area contributed by atoms with Crippen molar-refractivity contribution in [1.82, 2.24) is 15.2 Å². The Kier molecular flexibility index (Phi) is 6.90. The molecule has 0 amide bonds. The molecule has 1 N–H and O–H groups in total. The van der Waals surface area contributed by atoms with E-state index in [1.807, 2.05) is 43.3 Å². The number of pyridine rings is 1. The van der Waals surface area contributed by atoms with E-state index in [0.717, 1.165) is 22.4 Å². The number of methoxy groups -OCH3 is 1. The number of rotatable bonds is 8. The van der Waals surface area contributed by atoms with Gasteiger partial charge in [0.2, 0.25) is 11.8 Å². The SMILES string of the molecule is COCc1nnc(-c2ccc(C(CC(=NO)c3ccnc(C)c3)c3ccccc3C)cc2)o1. The van der Waals surface area contributed by atoms with Gasteiger partial charge < -0.3 is 14.4 Å². The van der Waals surface area contributed by atoms with Gasteiger partial charge in [-0.05, 0) is 54.8 Å². The molecule has 2 aromatic heterocycles. The second kappa shape index (κ2) is 10.2. The number of ether oxygens (including phenoxy) is 1. The van der Waals surface area contributed by atoms with Gasteiger partial charge in [0.25, 0.3) is 0 Å². The molecule has 0 fully saturated rings. The van der Waals surface area contributed by atoms with Gasteiger partial charge in [-0.15, -0.1) is 10.2 Å². The van der Waals surface area contributed by atoms with Crippen LogP contribution >= 0.6 is 0 Å². The fourth-order valence-electron chi connectivity index (χ4n) is 3.93.